The van der Waals surface area contributed by atoms with Gasteiger partial charge in [-0.15, -0.1) is 0 Å². The van der Waals surface area contributed by atoms with Crippen LogP contribution in [0.4, 0.5) is 0 Å². The van der Waals surface area contributed by atoms with Crippen molar-refractivity contribution < 1.29 is 28.5 Å². The maximum Gasteiger partial charge on any atom is 0.254 e. The molecule has 0 radical (unpaired) electrons. The zero-order chi connectivity index (χ0) is 23.2. The molecule has 0 spiro atoms. The second-order valence-electron chi connectivity index (χ2n) is 8.84. The fraction of sp³-hybridized carbons (Fsp3) is 0.500. The molecule has 1 amide bonds. The molecule has 0 bridgehead atoms. The number of ether oxygens (including phenoxy) is 5. The largest absolute Gasteiger partial charge is 0.492 e. The summed E-state index contributed by atoms with van der Waals surface area (Å²) in [6.45, 7) is 7.05. The number of benzene rings is 2. The second kappa shape index (κ2) is 11.1. The lowest BCUT2D eigenvalue weighted by atomic mass is 10.1. The summed E-state index contributed by atoms with van der Waals surface area (Å²) in [5.74, 6) is 2.08. The third-order valence-corrected chi connectivity index (χ3v) is 6.43. The average Bonchev–Trinajstić information content (AvgIpc) is 3.56. The summed E-state index contributed by atoms with van der Waals surface area (Å²) in [4.78, 5) is 17.6. The fourth-order valence-corrected chi connectivity index (χ4v) is 4.49. The van der Waals surface area contributed by atoms with Gasteiger partial charge in [-0.1, -0.05) is 12.1 Å². The van der Waals surface area contributed by atoms with Gasteiger partial charge >= 0.3 is 0 Å². The molecular weight excluding hydrogens is 436 g/mol. The lowest BCUT2D eigenvalue weighted by Crippen LogP contribution is -2.38. The van der Waals surface area contributed by atoms with Crippen molar-refractivity contribution in [1.29, 1.82) is 0 Å². The van der Waals surface area contributed by atoms with E-state index in [-0.39, 0.29) is 18.8 Å². The van der Waals surface area contributed by atoms with Crippen LogP contribution in [0.5, 0.6) is 17.2 Å². The molecule has 0 N–H and O–H groups in total. The summed E-state index contributed by atoms with van der Waals surface area (Å²) in [5, 5.41) is 0. The average molecular weight is 469 g/mol. The molecule has 3 heterocycles. The van der Waals surface area contributed by atoms with Gasteiger partial charge in [-0.05, 0) is 48.7 Å². The molecular formula is C26H32N2O6. The van der Waals surface area contributed by atoms with E-state index >= 15 is 0 Å². The van der Waals surface area contributed by atoms with Gasteiger partial charge in [0.15, 0.2) is 11.5 Å². The summed E-state index contributed by atoms with van der Waals surface area (Å²) in [6, 6.07) is 13.4. The Labute approximate surface area is 200 Å². The van der Waals surface area contributed by atoms with Crippen LogP contribution in [0.1, 0.15) is 28.8 Å². The van der Waals surface area contributed by atoms with E-state index < -0.39 is 0 Å². The summed E-state index contributed by atoms with van der Waals surface area (Å²) in [6.07, 6.45) is 2.08. The third kappa shape index (κ3) is 5.81. The van der Waals surface area contributed by atoms with Crippen molar-refractivity contribution in [3.8, 4) is 17.2 Å². The Morgan fingerprint density at radius 3 is 2.65 bits per heavy atom. The SMILES string of the molecule is O=C(c1ccc2c(c1)OCO2)N(Cc1ccc(OCCN2CCOCC2)cc1)C[C@H]1CCCO1. The Hall–Kier alpha value is -2.81. The topological polar surface area (TPSA) is 69.7 Å². The fourth-order valence-electron chi connectivity index (χ4n) is 4.49. The van der Waals surface area contributed by atoms with E-state index in [2.05, 4.69) is 4.90 Å². The molecule has 2 aromatic rings. The van der Waals surface area contributed by atoms with Crippen LogP contribution in [0.2, 0.25) is 0 Å². The predicted molar refractivity (Wildman–Crippen MR) is 125 cm³/mol. The van der Waals surface area contributed by atoms with Crippen LogP contribution < -0.4 is 14.2 Å². The van der Waals surface area contributed by atoms with Crippen molar-refractivity contribution in [1.82, 2.24) is 9.80 Å². The quantitative estimate of drug-likeness (QED) is 0.561. The first-order chi connectivity index (χ1) is 16.7. The summed E-state index contributed by atoms with van der Waals surface area (Å²) >= 11 is 0. The first-order valence-electron chi connectivity index (χ1n) is 12.1. The maximum absolute atomic E-state index is 13.4. The number of carbonyl (C=O) groups excluding carboxylic acids is 1. The summed E-state index contributed by atoms with van der Waals surface area (Å²) in [5.41, 5.74) is 1.64. The normalized spacial score (nSPS) is 19.8. The van der Waals surface area contributed by atoms with E-state index in [0.29, 0.717) is 36.8 Å². The monoisotopic (exact) mass is 468 g/mol. The van der Waals surface area contributed by atoms with E-state index in [1.807, 2.05) is 29.2 Å². The molecule has 0 unspecified atom stereocenters. The number of morpholine rings is 1. The molecule has 2 fully saturated rings. The Morgan fingerprint density at radius 1 is 1.03 bits per heavy atom. The van der Waals surface area contributed by atoms with Crippen LogP contribution in [0.15, 0.2) is 42.5 Å². The van der Waals surface area contributed by atoms with E-state index in [4.69, 9.17) is 23.7 Å². The van der Waals surface area contributed by atoms with Crippen molar-refractivity contribution >= 4 is 5.91 Å². The highest BCUT2D eigenvalue weighted by Crippen LogP contribution is 2.33. The van der Waals surface area contributed by atoms with Gasteiger partial charge in [-0.25, -0.2) is 0 Å². The number of fused-ring (bicyclic) bond motifs is 1. The number of amides is 1. The van der Waals surface area contributed by atoms with E-state index in [1.54, 1.807) is 18.2 Å². The Balaban J connectivity index is 1.21. The minimum Gasteiger partial charge on any atom is -0.492 e. The van der Waals surface area contributed by atoms with Gasteiger partial charge in [0.05, 0.1) is 19.3 Å². The van der Waals surface area contributed by atoms with Crippen LogP contribution in [0.25, 0.3) is 0 Å². The van der Waals surface area contributed by atoms with Gasteiger partial charge in [-0.2, -0.15) is 0 Å². The van der Waals surface area contributed by atoms with Crippen molar-refractivity contribution in [2.75, 3.05) is 59.4 Å². The molecule has 0 aliphatic carbocycles. The van der Waals surface area contributed by atoms with Gasteiger partial charge in [0.25, 0.3) is 5.91 Å². The number of hydrogen-bond acceptors (Lipinski definition) is 7. The predicted octanol–water partition coefficient (Wildman–Crippen LogP) is 2.95. The molecule has 8 heteroatoms. The van der Waals surface area contributed by atoms with Crippen molar-refractivity contribution in [3.63, 3.8) is 0 Å². The zero-order valence-electron chi connectivity index (χ0n) is 19.4. The molecule has 5 rings (SSSR count). The zero-order valence-corrected chi connectivity index (χ0v) is 19.4. The minimum absolute atomic E-state index is 0.0420. The van der Waals surface area contributed by atoms with Gasteiger partial charge in [0.1, 0.15) is 12.4 Å². The molecule has 3 aliphatic rings. The van der Waals surface area contributed by atoms with Gasteiger partial charge in [-0.3, -0.25) is 9.69 Å². The first kappa shape index (κ1) is 23.0. The van der Waals surface area contributed by atoms with Crippen molar-refractivity contribution in [2.45, 2.75) is 25.5 Å². The Bertz CT molecular complexity index is 954. The van der Waals surface area contributed by atoms with E-state index in [1.165, 1.54) is 0 Å². The summed E-state index contributed by atoms with van der Waals surface area (Å²) < 4.78 is 28.0. The van der Waals surface area contributed by atoms with Gasteiger partial charge < -0.3 is 28.6 Å². The molecule has 0 saturated carbocycles. The lowest BCUT2D eigenvalue weighted by molar-refractivity contribution is 0.0322. The molecule has 2 aromatic carbocycles. The van der Waals surface area contributed by atoms with Gasteiger partial charge in [0.2, 0.25) is 6.79 Å². The Morgan fingerprint density at radius 2 is 1.85 bits per heavy atom. The minimum atomic E-state index is -0.0420. The maximum atomic E-state index is 13.4. The first-order valence-corrected chi connectivity index (χ1v) is 12.1. The van der Waals surface area contributed by atoms with Gasteiger partial charge in [0, 0.05) is 44.9 Å². The number of rotatable bonds is 9. The highest BCUT2D eigenvalue weighted by atomic mass is 16.7. The molecule has 182 valence electrons. The van der Waals surface area contributed by atoms with Crippen LogP contribution in [0, 0.1) is 0 Å². The van der Waals surface area contributed by atoms with Crippen LogP contribution in [-0.2, 0) is 16.0 Å². The van der Waals surface area contributed by atoms with Crippen LogP contribution in [0.3, 0.4) is 0 Å². The van der Waals surface area contributed by atoms with E-state index in [0.717, 1.165) is 63.6 Å². The molecule has 34 heavy (non-hydrogen) atoms. The Kier molecular flexibility index (Phi) is 7.48. The molecule has 8 nitrogen and oxygen atoms in total. The summed E-state index contributed by atoms with van der Waals surface area (Å²) in [7, 11) is 0. The third-order valence-electron chi connectivity index (χ3n) is 6.43. The second-order valence-corrected chi connectivity index (χ2v) is 8.84. The molecule has 1 atom stereocenters. The molecule has 0 aromatic heterocycles. The number of hydrogen-bond donors (Lipinski definition) is 0. The highest BCUT2D eigenvalue weighted by molar-refractivity contribution is 5.95. The van der Waals surface area contributed by atoms with Crippen LogP contribution in [-0.4, -0.2) is 81.2 Å². The van der Waals surface area contributed by atoms with Crippen molar-refractivity contribution in [2.24, 2.45) is 0 Å². The standard InChI is InChI=1S/C26H32N2O6/c29-26(21-5-8-24-25(16-21)34-19-33-24)28(18-23-2-1-12-31-23)17-20-3-6-22(7-4-20)32-15-11-27-9-13-30-14-10-27/h3-8,16,23H,1-2,9-15,17-19H2/t23-/m1/s1. The van der Waals surface area contributed by atoms with Crippen molar-refractivity contribution in [3.05, 3.63) is 53.6 Å². The molecule has 3 aliphatic heterocycles. The number of nitrogens with zero attached hydrogens (tertiary/aromatic N) is 2. The van der Waals surface area contributed by atoms with Crippen LogP contribution >= 0.6 is 0 Å². The van der Waals surface area contributed by atoms with E-state index in [9.17, 15) is 4.79 Å². The lowest BCUT2D eigenvalue weighted by Gasteiger charge is -2.26. The highest BCUT2D eigenvalue weighted by Gasteiger charge is 2.25. The number of carbonyl (C=O) groups is 1. The molecule has 2 saturated heterocycles. The smallest absolute Gasteiger partial charge is 0.254 e.